The van der Waals surface area contributed by atoms with Crippen LogP contribution >= 0.6 is 0 Å². The number of hydrogen-bond donors (Lipinski definition) is 0. The SMILES string of the molecule is CCCCCOC1C(Cc2ccccc2)COCC(N(C(=O)OC(C)(C)C)C(=O)OC(C)(C)C)C(=O)OC1C. The molecular weight excluding hydrogens is 502 g/mol. The summed E-state index contributed by atoms with van der Waals surface area (Å²) in [5, 5.41) is 0. The lowest BCUT2D eigenvalue weighted by molar-refractivity contribution is -0.163. The van der Waals surface area contributed by atoms with Crippen LogP contribution in [-0.4, -0.2) is 72.3 Å². The summed E-state index contributed by atoms with van der Waals surface area (Å²) in [6, 6.07) is 8.58. The van der Waals surface area contributed by atoms with Gasteiger partial charge in [-0.1, -0.05) is 50.1 Å². The molecule has 0 radical (unpaired) electrons. The van der Waals surface area contributed by atoms with Crippen molar-refractivity contribution in [3.8, 4) is 0 Å². The van der Waals surface area contributed by atoms with Gasteiger partial charge in [0, 0.05) is 12.5 Å². The van der Waals surface area contributed by atoms with Crippen molar-refractivity contribution < 1.29 is 38.1 Å². The maximum absolute atomic E-state index is 13.5. The van der Waals surface area contributed by atoms with Gasteiger partial charge in [-0.2, -0.15) is 4.90 Å². The Morgan fingerprint density at radius 3 is 2.08 bits per heavy atom. The second-order valence-corrected chi connectivity index (χ2v) is 12.0. The van der Waals surface area contributed by atoms with E-state index in [-0.39, 0.29) is 19.1 Å². The number of nitrogens with zero attached hydrogens (tertiary/aromatic N) is 1. The molecule has 1 aliphatic rings. The molecule has 2 rings (SSSR count). The number of unbranched alkanes of at least 4 members (excludes halogenated alkanes) is 2. The maximum Gasteiger partial charge on any atom is 0.420 e. The summed E-state index contributed by atoms with van der Waals surface area (Å²) in [5.41, 5.74) is -0.718. The summed E-state index contributed by atoms with van der Waals surface area (Å²) < 4.78 is 29.1. The van der Waals surface area contributed by atoms with Crippen LogP contribution in [0.3, 0.4) is 0 Å². The normalized spacial score (nSPS) is 22.6. The van der Waals surface area contributed by atoms with Crippen LogP contribution in [0.5, 0.6) is 0 Å². The lowest BCUT2D eigenvalue weighted by atomic mass is 9.91. The van der Waals surface area contributed by atoms with Gasteiger partial charge in [-0.3, -0.25) is 0 Å². The molecule has 0 spiro atoms. The molecule has 0 aromatic heterocycles. The van der Waals surface area contributed by atoms with E-state index in [1.54, 1.807) is 48.5 Å². The molecule has 220 valence electrons. The summed E-state index contributed by atoms with van der Waals surface area (Å²) in [4.78, 5) is 40.5. The number of esters is 1. The van der Waals surface area contributed by atoms with Gasteiger partial charge in [0.25, 0.3) is 0 Å². The summed E-state index contributed by atoms with van der Waals surface area (Å²) in [6.07, 6.45) is 0.502. The molecule has 9 heteroatoms. The smallest absolute Gasteiger partial charge is 0.420 e. The van der Waals surface area contributed by atoms with E-state index in [4.69, 9.17) is 23.7 Å². The number of hydrogen-bond acceptors (Lipinski definition) is 8. The van der Waals surface area contributed by atoms with Crippen LogP contribution in [0.4, 0.5) is 9.59 Å². The minimum absolute atomic E-state index is 0.132. The first kappa shape index (κ1) is 32.6. The van der Waals surface area contributed by atoms with Crippen molar-refractivity contribution in [2.24, 2.45) is 5.92 Å². The molecule has 1 aromatic carbocycles. The van der Waals surface area contributed by atoms with Gasteiger partial charge < -0.3 is 23.7 Å². The van der Waals surface area contributed by atoms with E-state index in [0.717, 1.165) is 24.8 Å². The molecule has 0 aliphatic carbocycles. The van der Waals surface area contributed by atoms with Crippen LogP contribution < -0.4 is 0 Å². The van der Waals surface area contributed by atoms with E-state index in [1.807, 2.05) is 30.3 Å². The highest BCUT2D eigenvalue weighted by Gasteiger charge is 2.44. The molecule has 0 saturated carbocycles. The Morgan fingerprint density at radius 2 is 1.54 bits per heavy atom. The quantitative estimate of drug-likeness (QED) is 0.224. The predicted molar refractivity (Wildman–Crippen MR) is 147 cm³/mol. The first-order valence-electron chi connectivity index (χ1n) is 13.9. The highest BCUT2D eigenvalue weighted by atomic mass is 16.6. The Labute approximate surface area is 233 Å². The minimum atomic E-state index is -1.40. The predicted octanol–water partition coefficient (Wildman–Crippen LogP) is 5.92. The summed E-state index contributed by atoms with van der Waals surface area (Å²) in [5.74, 6) is -0.922. The molecule has 4 unspecified atom stereocenters. The van der Waals surface area contributed by atoms with Gasteiger partial charge in [-0.25, -0.2) is 14.4 Å². The number of amides is 2. The van der Waals surface area contributed by atoms with Crippen molar-refractivity contribution in [3.63, 3.8) is 0 Å². The van der Waals surface area contributed by atoms with Crippen LogP contribution in [0.2, 0.25) is 0 Å². The van der Waals surface area contributed by atoms with E-state index in [9.17, 15) is 14.4 Å². The Hall–Kier alpha value is -2.65. The van der Waals surface area contributed by atoms with Crippen molar-refractivity contribution in [2.45, 2.75) is 111 Å². The number of carbonyl (C=O) groups excluding carboxylic acids is 3. The minimum Gasteiger partial charge on any atom is -0.458 e. The molecule has 9 nitrogen and oxygen atoms in total. The number of imide groups is 1. The standard InChI is InChI=1S/C30H47NO8/c1-9-10-14-17-36-25-21(2)37-26(32)24(20-35-19-23(25)18-22-15-12-11-13-16-22)31(27(33)38-29(3,4)5)28(34)39-30(6,7)8/h11-13,15-16,21,23-25H,9-10,14,17-20H2,1-8H3. The van der Waals surface area contributed by atoms with E-state index in [2.05, 4.69) is 6.92 Å². The Bertz CT molecular complexity index is 893. The van der Waals surface area contributed by atoms with Crippen molar-refractivity contribution >= 4 is 18.2 Å². The summed E-state index contributed by atoms with van der Waals surface area (Å²) in [6.45, 7) is 14.4. The first-order valence-corrected chi connectivity index (χ1v) is 13.9. The third-order valence-corrected chi connectivity index (χ3v) is 6.00. The highest BCUT2D eigenvalue weighted by Crippen LogP contribution is 2.25. The van der Waals surface area contributed by atoms with E-state index >= 15 is 0 Å². The molecule has 0 bridgehead atoms. The lowest BCUT2D eigenvalue weighted by Gasteiger charge is -2.32. The van der Waals surface area contributed by atoms with Crippen molar-refractivity contribution in [1.29, 1.82) is 0 Å². The second-order valence-electron chi connectivity index (χ2n) is 12.0. The number of carbonyl (C=O) groups is 3. The van der Waals surface area contributed by atoms with Crippen LogP contribution in [0.1, 0.15) is 80.2 Å². The van der Waals surface area contributed by atoms with E-state index in [1.165, 1.54) is 0 Å². The fourth-order valence-electron chi connectivity index (χ4n) is 4.27. The van der Waals surface area contributed by atoms with Crippen LogP contribution in [-0.2, 0) is 34.9 Å². The Balaban J connectivity index is 2.37. The van der Waals surface area contributed by atoms with Crippen LogP contribution in [0.15, 0.2) is 30.3 Å². The zero-order valence-corrected chi connectivity index (χ0v) is 24.9. The Kier molecular flexibility index (Phi) is 12.2. The fourth-order valence-corrected chi connectivity index (χ4v) is 4.27. The number of cyclic esters (lactones) is 1. The maximum atomic E-state index is 13.5. The average Bonchev–Trinajstić information content (AvgIpc) is 2.85. The Morgan fingerprint density at radius 1 is 0.949 bits per heavy atom. The number of benzene rings is 1. The van der Waals surface area contributed by atoms with Gasteiger partial charge in [0.05, 0.1) is 19.3 Å². The molecule has 4 atom stereocenters. The van der Waals surface area contributed by atoms with Crippen molar-refractivity contribution in [2.75, 3.05) is 19.8 Å². The topological polar surface area (TPSA) is 101 Å². The largest absolute Gasteiger partial charge is 0.458 e. The van der Waals surface area contributed by atoms with Gasteiger partial charge >= 0.3 is 18.2 Å². The number of ether oxygens (including phenoxy) is 5. The van der Waals surface area contributed by atoms with Gasteiger partial charge in [-0.05, 0) is 66.9 Å². The van der Waals surface area contributed by atoms with Gasteiger partial charge in [-0.15, -0.1) is 0 Å². The van der Waals surface area contributed by atoms with Gasteiger partial charge in [0.1, 0.15) is 17.3 Å². The fraction of sp³-hybridized carbons (Fsp3) is 0.700. The lowest BCUT2D eigenvalue weighted by Crippen LogP contribution is -2.54. The molecule has 1 aromatic rings. The molecular formula is C30H47NO8. The molecule has 1 heterocycles. The molecule has 1 aliphatic heterocycles. The van der Waals surface area contributed by atoms with E-state index < -0.39 is 47.6 Å². The van der Waals surface area contributed by atoms with Gasteiger partial charge in [0.2, 0.25) is 0 Å². The van der Waals surface area contributed by atoms with Gasteiger partial charge in [0.15, 0.2) is 6.04 Å². The van der Waals surface area contributed by atoms with Crippen molar-refractivity contribution in [1.82, 2.24) is 4.90 Å². The molecule has 1 saturated heterocycles. The monoisotopic (exact) mass is 549 g/mol. The summed E-state index contributed by atoms with van der Waals surface area (Å²) in [7, 11) is 0. The number of rotatable bonds is 8. The first-order chi connectivity index (χ1) is 18.2. The third-order valence-electron chi connectivity index (χ3n) is 6.00. The second kappa shape index (κ2) is 14.7. The van der Waals surface area contributed by atoms with Crippen LogP contribution in [0.25, 0.3) is 0 Å². The van der Waals surface area contributed by atoms with Crippen molar-refractivity contribution in [3.05, 3.63) is 35.9 Å². The zero-order valence-electron chi connectivity index (χ0n) is 24.9. The average molecular weight is 550 g/mol. The highest BCUT2D eigenvalue weighted by molar-refractivity contribution is 5.94. The van der Waals surface area contributed by atoms with E-state index in [0.29, 0.717) is 17.9 Å². The zero-order chi connectivity index (χ0) is 29.2. The third kappa shape index (κ3) is 11.2. The summed E-state index contributed by atoms with van der Waals surface area (Å²) >= 11 is 0. The molecule has 2 amide bonds. The van der Waals surface area contributed by atoms with Crippen LogP contribution in [0, 0.1) is 5.92 Å². The molecule has 1 fully saturated rings. The molecule has 39 heavy (non-hydrogen) atoms. The molecule has 0 N–H and O–H groups in total.